The Balaban J connectivity index is 1.56. The van der Waals surface area contributed by atoms with Gasteiger partial charge in [-0.3, -0.25) is 9.59 Å². The van der Waals surface area contributed by atoms with Gasteiger partial charge in [0.2, 0.25) is 10.0 Å². The summed E-state index contributed by atoms with van der Waals surface area (Å²) < 4.78 is 46.5. The van der Waals surface area contributed by atoms with Gasteiger partial charge in [-0.25, -0.2) is 12.8 Å². The molecule has 1 heterocycles. The number of carbonyl (C=O) groups excluding carboxylic acids is 2. The minimum Gasteiger partial charge on any atom is -0.457 e. The molecule has 0 fully saturated rings. The molecule has 0 radical (unpaired) electrons. The van der Waals surface area contributed by atoms with E-state index in [0.29, 0.717) is 17.5 Å². The van der Waals surface area contributed by atoms with Crippen LogP contribution in [-0.4, -0.2) is 37.6 Å². The number of hydrogen-bond acceptors (Lipinski definition) is 5. The summed E-state index contributed by atoms with van der Waals surface area (Å²) in [7, 11) is -4.00. The van der Waals surface area contributed by atoms with Crippen molar-refractivity contribution in [1.82, 2.24) is 4.31 Å². The highest BCUT2D eigenvalue weighted by atomic mass is 32.2. The molecule has 3 aromatic carbocycles. The molecule has 3 aromatic rings. The van der Waals surface area contributed by atoms with Gasteiger partial charge < -0.3 is 4.74 Å². The molecule has 8 heteroatoms. The highest BCUT2D eigenvalue weighted by molar-refractivity contribution is 7.89. The van der Waals surface area contributed by atoms with Crippen LogP contribution in [0.5, 0.6) is 0 Å². The predicted octanol–water partition coefficient (Wildman–Crippen LogP) is 3.93. The SMILES string of the molecule is O=C(CC1c2ccccc2CCN1S(=O)(=O)c1ccc(F)cc1)OCC(=O)c1ccccc1. The van der Waals surface area contributed by atoms with E-state index in [-0.39, 0.29) is 23.6 Å². The second-order valence-electron chi connectivity index (χ2n) is 7.69. The zero-order chi connectivity index (χ0) is 23.4. The number of fused-ring (bicyclic) bond motifs is 1. The Labute approximate surface area is 191 Å². The van der Waals surface area contributed by atoms with Gasteiger partial charge in [-0.05, 0) is 41.8 Å². The number of esters is 1. The van der Waals surface area contributed by atoms with E-state index in [1.807, 2.05) is 12.1 Å². The average Bonchev–Trinajstić information content (AvgIpc) is 2.83. The summed E-state index contributed by atoms with van der Waals surface area (Å²) in [6.45, 7) is -0.264. The largest absolute Gasteiger partial charge is 0.457 e. The van der Waals surface area contributed by atoms with Gasteiger partial charge in [-0.1, -0.05) is 54.6 Å². The first-order chi connectivity index (χ1) is 15.9. The molecule has 1 unspecified atom stereocenters. The highest BCUT2D eigenvalue weighted by Crippen LogP contribution is 2.36. The number of ketones is 1. The molecular weight excluding hydrogens is 445 g/mol. The number of ether oxygens (including phenoxy) is 1. The molecule has 0 amide bonds. The van der Waals surface area contributed by atoms with Crippen molar-refractivity contribution in [2.75, 3.05) is 13.2 Å². The second-order valence-corrected chi connectivity index (χ2v) is 9.58. The molecule has 0 aliphatic carbocycles. The maximum Gasteiger partial charge on any atom is 0.308 e. The standard InChI is InChI=1S/C25H22FNO5S/c26-20-10-12-21(13-11-20)33(30,31)27-15-14-18-6-4-5-9-22(18)23(27)16-25(29)32-17-24(28)19-7-2-1-3-8-19/h1-13,23H,14-17H2. The average molecular weight is 468 g/mol. The van der Waals surface area contributed by atoms with Gasteiger partial charge in [-0.15, -0.1) is 0 Å². The zero-order valence-corrected chi connectivity index (χ0v) is 18.5. The topological polar surface area (TPSA) is 80.8 Å². The van der Waals surface area contributed by atoms with Crippen LogP contribution in [-0.2, 0) is 26.0 Å². The van der Waals surface area contributed by atoms with Gasteiger partial charge >= 0.3 is 5.97 Å². The van der Waals surface area contributed by atoms with Gasteiger partial charge in [0.25, 0.3) is 0 Å². The van der Waals surface area contributed by atoms with E-state index in [2.05, 4.69) is 0 Å². The Morgan fingerprint density at radius 2 is 1.61 bits per heavy atom. The second kappa shape index (κ2) is 9.64. The Hall–Kier alpha value is -3.36. The molecule has 1 aliphatic heterocycles. The van der Waals surface area contributed by atoms with E-state index in [0.717, 1.165) is 17.7 Å². The zero-order valence-electron chi connectivity index (χ0n) is 17.7. The van der Waals surface area contributed by atoms with E-state index >= 15 is 0 Å². The van der Waals surface area contributed by atoms with Crippen molar-refractivity contribution in [3.8, 4) is 0 Å². The Morgan fingerprint density at radius 3 is 2.33 bits per heavy atom. The third-order valence-corrected chi connectivity index (χ3v) is 7.53. The lowest BCUT2D eigenvalue weighted by molar-refractivity contribution is -0.143. The van der Waals surface area contributed by atoms with Crippen LogP contribution >= 0.6 is 0 Å². The van der Waals surface area contributed by atoms with Crippen LogP contribution in [0.3, 0.4) is 0 Å². The molecule has 33 heavy (non-hydrogen) atoms. The molecule has 0 saturated carbocycles. The number of hydrogen-bond donors (Lipinski definition) is 0. The van der Waals surface area contributed by atoms with Crippen LogP contribution in [0.25, 0.3) is 0 Å². The number of benzene rings is 3. The van der Waals surface area contributed by atoms with Crippen molar-refractivity contribution < 1.29 is 27.1 Å². The minimum atomic E-state index is -4.00. The maximum absolute atomic E-state index is 13.3. The first-order valence-corrected chi connectivity index (χ1v) is 11.9. The van der Waals surface area contributed by atoms with Crippen molar-refractivity contribution in [2.24, 2.45) is 0 Å². The maximum atomic E-state index is 13.3. The van der Waals surface area contributed by atoms with Crippen molar-refractivity contribution in [3.63, 3.8) is 0 Å². The van der Waals surface area contributed by atoms with Crippen LogP contribution in [0.15, 0.2) is 83.8 Å². The summed E-state index contributed by atoms with van der Waals surface area (Å²) in [5, 5.41) is 0. The first-order valence-electron chi connectivity index (χ1n) is 10.5. The lowest BCUT2D eigenvalue weighted by Gasteiger charge is -2.36. The fourth-order valence-corrected chi connectivity index (χ4v) is 5.55. The van der Waals surface area contributed by atoms with Crippen LogP contribution in [0.4, 0.5) is 4.39 Å². The van der Waals surface area contributed by atoms with Crippen LogP contribution < -0.4 is 0 Å². The molecular formula is C25H22FNO5S. The summed E-state index contributed by atoms with van der Waals surface area (Å²) in [5.41, 5.74) is 2.08. The lowest BCUT2D eigenvalue weighted by atomic mass is 9.92. The molecule has 0 aromatic heterocycles. The lowest BCUT2D eigenvalue weighted by Crippen LogP contribution is -2.41. The van der Waals surface area contributed by atoms with E-state index in [9.17, 15) is 22.4 Å². The summed E-state index contributed by atoms with van der Waals surface area (Å²) >= 11 is 0. The Bertz CT molecular complexity index is 1260. The Kier molecular flexibility index (Phi) is 6.67. The normalized spacial score (nSPS) is 16.1. The summed E-state index contributed by atoms with van der Waals surface area (Å²) in [5.74, 6) is -1.56. The number of rotatable bonds is 7. The van der Waals surface area contributed by atoms with Gasteiger partial charge in [0, 0.05) is 12.1 Å². The molecule has 0 bridgehead atoms. The molecule has 1 atom stereocenters. The third kappa shape index (κ3) is 5.02. The smallest absolute Gasteiger partial charge is 0.308 e. The van der Waals surface area contributed by atoms with Crippen LogP contribution in [0.1, 0.15) is 33.9 Å². The monoisotopic (exact) mass is 467 g/mol. The van der Waals surface area contributed by atoms with Gasteiger partial charge in [0.1, 0.15) is 5.82 Å². The molecule has 0 spiro atoms. The molecule has 0 N–H and O–H groups in total. The number of sulfonamides is 1. The third-order valence-electron chi connectivity index (χ3n) is 5.60. The molecule has 6 nitrogen and oxygen atoms in total. The molecule has 170 valence electrons. The quantitative estimate of drug-likeness (QED) is 0.389. The number of Topliss-reactive ketones (excluding diaryl/α,β-unsaturated/α-hetero) is 1. The minimum absolute atomic E-state index is 0.0547. The van der Waals surface area contributed by atoms with E-state index < -0.39 is 34.5 Å². The van der Waals surface area contributed by atoms with Gasteiger partial charge in [0.15, 0.2) is 12.4 Å². The fourth-order valence-electron chi connectivity index (χ4n) is 3.94. The van der Waals surface area contributed by atoms with Crippen molar-refractivity contribution >= 4 is 21.8 Å². The van der Waals surface area contributed by atoms with Crippen molar-refractivity contribution in [3.05, 3.63) is 101 Å². The Morgan fingerprint density at radius 1 is 0.939 bits per heavy atom. The van der Waals surface area contributed by atoms with Gasteiger partial charge in [-0.2, -0.15) is 4.31 Å². The van der Waals surface area contributed by atoms with Crippen LogP contribution in [0.2, 0.25) is 0 Å². The molecule has 0 saturated heterocycles. The first kappa shape index (κ1) is 22.8. The van der Waals surface area contributed by atoms with Crippen LogP contribution in [0, 0.1) is 5.82 Å². The molecule has 4 rings (SSSR count). The summed E-state index contributed by atoms with van der Waals surface area (Å²) in [6.07, 6.45) is 0.230. The van der Waals surface area contributed by atoms with E-state index in [1.165, 1.54) is 16.4 Å². The summed E-state index contributed by atoms with van der Waals surface area (Å²) in [4.78, 5) is 24.9. The fraction of sp³-hybridized carbons (Fsp3) is 0.200. The molecule has 1 aliphatic rings. The highest BCUT2D eigenvalue weighted by Gasteiger charge is 2.37. The van der Waals surface area contributed by atoms with Gasteiger partial charge in [0.05, 0.1) is 17.4 Å². The number of carbonyl (C=O) groups is 2. The summed E-state index contributed by atoms with van der Waals surface area (Å²) in [6, 6.07) is 19.6. The van der Waals surface area contributed by atoms with Crippen molar-refractivity contribution in [2.45, 2.75) is 23.8 Å². The van der Waals surface area contributed by atoms with Crippen molar-refractivity contribution in [1.29, 1.82) is 0 Å². The van der Waals surface area contributed by atoms with E-state index in [1.54, 1.807) is 42.5 Å². The number of nitrogens with zero attached hydrogens (tertiary/aromatic N) is 1. The number of halogens is 1. The predicted molar refractivity (Wildman–Crippen MR) is 120 cm³/mol. The van der Waals surface area contributed by atoms with E-state index in [4.69, 9.17) is 4.74 Å².